The smallest absolute Gasteiger partial charge is 0.306 e. The molecule has 1 atom stereocenters. The zero-order valence-corrected chi connectivity index (χ0v) is 14.4. The molecule has 20 heavy (non-hydrogen) atoms. The van der Waals surface area contributed by atoms with Crippen molar-refractivity contribution in [2.45, 2.75) is 19.9 Å². The molecule has 0 radical (unpaired) electrons. The fourth-order valence-corrected chi connectivity index (χ4v) is 2.57. The van der Waals surface area contributed by atoms with Gasteiger partial charge in [0.05, 0.1) is 5.92 Å². The number of rotatable bonds is 5. The van der Waals surface area contributed by atoms with Gasteiger partial charge in [0.2, 0.25) is 0 Å². The lowest BCUT2D eigenvalue weighted by Gasteiger charge is -2.08. The highest BCUT2D eigenvalue weighted by molar-refractivity contribution is 14.1. The second kappa shape index (κ2) is 6.61. The minimum atomic E-state index is -0.810. The number of carboxylic acid groups (broad SMARTS) is 1. The molecule has 0 bridgehead atoms. The van der Waals surface area contributed by atoms with Gasteiger partial charge >= 0.3 is 5.97 Å². The van der Waals surface area contributed by atoms with Gasteiger partial charge in [-0.15, -0.1) is 5.10 Å². The van der Waals surface area contributed by atoms with Crippen LogP contribution in [-0.2, 0) is 11.3 Å². The molecule has 0 aliphatic heterocycles. The second-order valence-electron chi connectivity index (χ2n) is 4.38. The van der Waals surface area contributed by atoms with Crippen molar-refractivity contribution in [3.05, 3.63) is 26.2 Å². The van der Waals surface area contributed by atoms with Crippen molar-refractivity contribution < 1.29 is 9.90 Å². The maximum atomic E-state index is 10.8. The van der Waals surface area contributed by atoms with Crippen LogP contribution in [0.3, 0.4) is 0 Å². The first-order chi connectivity index (χ1) is 9.49. The van der Waals surface area contributed by atoms with E-state index in [2.05, 4.69) is 54.0 Å². The van der Waals surface area contributed by atoms with Crippen LogP contribution in [0.25, 0.3) is 11.4 Å². The van der Waals surface area contributed by atoms with Gasteiger partial charge < -0.3 is 5.11 Å². The van der Waals surface area contributed by atoms with Crippen LogP contribution in [0, 0.1) is 9.49 Å². The van der Waals surface area contributed by atoms with Crippen molar-refractivity contribution in [1.82, 2.24) is 20.2 Å². The first-order valence-electron chi connectivity index (χ1n) is 5.93. The lowest BCUT2D eigenvalue weighted by molar-refractivity contribution is -0.141. The first-order valence-corrected chi connectivity index (χ1v) is 7.80. The molecule has 106 valence electrons. The SMILES string of the molecule is CC(CCn1nnnc1-c1cc(I)ccc1Br)C(=O)O. The zero-order chi connectivity index (χ0) is 14.7. The molecule has 0 aliphatic carbocycles. The van der Waals surface area contributed by atoms with Crippen LogP contribution >= 0.6 is 38.5 Å². The molecule has 1 unspecified atom stereocenters. The Balaban J connectivity index is 2.24. The summed E-state index contributed by atoms with van der Waals surface area (Å²) >= 11 is 5.71. The summed E-state index contributed by atoms with van der Waals surface area (Å²) < 4.78 is 3.62. The molecule has 1 heterocycles. The first kappa shape index (κ1) is 15.4. The number of tetrazole rings is 1. The van der Waals surface area contributed by atoms with Crippen molar-refractivity contribution in [2.24, 2.45) is 5.92 Å². The second-order valence-corrected chi connectivity index (χ2v) is 6.48. The van der Waals surface area contributed by atoms with Crippen LogP contribution < -0.4 is 0 Å². The van der Waals surface area contributed by atoms with Crippen LogP contribution in [0.1, 0.15) is 13.3 Å². The van der Waals surface area contributed by atoms with Gasteiger partial charge in [0.25, 0.3) is 0 Å². The summed E-state index contributed by atoms with van der Waals surface area (Å²) in [7, 11) is 0. The lowest BCUT2D eigenvalue weighted by Crippen LogP contribution is -2.14. The molecule has 1 aromatic heterocycles. The van der Waals surface area contributed by atoms with E-state index < -0.39 is 11.9 Å². The minimum Gasteiger partial charge on any atom is -0.481 e. The maximum Gasteiger partial charge on any atom is 0.306 e. The summed E-state index contributed by atoms with van der Waals surface area (Å²) in [4.78, 5) is 10.8. The van der Waals surface area contributed by atoms with E-state index in [1.807, 2.05) is 18.2 Å². The van der Waals surface area contributed by atoms with Gasteiger partial charge in [-0.1, -0.05) is 22.9 Å². The van der Waals surface area contributed by atoms with E-state index >= 15 is 0 Å². The standard InChI is InChI=1S/C12H12BrIN4O2/c1-7(12(19)20)4-5-18-11(15-16-17-18)9-6-8(14)2-3-10(9)13/h2-3,6-7H,4-5H2,1H3,(H,19,20). The predicted molar refractivity (Wildman–Crippen MR) is 85.1 cm³/mol. The number of hydrogen-bond donors (Lipinski definition) is 1. The summed E-state index contributed by atoms with van der Waals surface area (Å²) in [6, 6.07) is 5.90. The van der Waals surface area contributed by atoms with Gasteiger partial charge in [0.15, 0.2) is 5.82 Å². The Kier molecular flexibility index (Phi) is 5.08. The Morgan fingerprint density at radius 2 is 2.30 bits per heavy atom. The summed E-state index contributed by atoms with van der Waals surface area (Å²) in [5, 5.41) is 20.6. The van der Waals surface area contributed by atoms with Gasteiger partial charge in [0, 0.05) is 20.2 Å². The number of carboxylic acids is 1. The van der Waals surface area contributed by atoms with Crippen molar-refractivity contribution in [1.29, 1.82) is 0 Å². The number of aryl methyl sites for hydroxylation is 1. The van der Waals surface area contributed by atoms with Crippen LogP contribution in [0.4, 0.5) is 0 Å². The normalized spacial score (nSPS) is 12.3. The van der Waals surface area contributed by atoms with E-state index in [0.29, 0.717) is 18.8 Å². The van der Waals surface area contributed by atoms with Crippen molar-refractivity contribution >= 4 is 44.5 Å². The molecule has 0 saturated heterocycles. The van der Waals surface area contributed by atoms with Crippen LogP contribution in [0.2, 0.25) is 0 Å². The third-order valence-electron chi connectivity index (χ3n) is 2.90. The quantitative estimate of drug-likeness (QED) is 0.708. The van der Waals surface area contributed by atoms with Crippen molar-refractivity contribution in [2.75, 3.05) is 0 Å². The lowest BCUT2D eigenvalue weighted by atomic mass is 10.1. The molecular formula is C12H12BrIN4O2. The monoisotopic (exact) mass is 450 g/mol. The Labute approximate surface area is 137 Å². The molecule has 0 amide bonds. The Hall–Kier alpha value is -1.03. The summed E-state index contributed by atoms with van der Waals surface area (Å²) in [5.74, 6) is -0.602. The molecule has 0 fully saturated rings. The number of nitrogens with zero attached hydrogens (tertiary/aromatic N) is 4. The van der Waals surface area contributed by atoms with Crippen LogP contribution in [0.5, 0.6) is 0 Å². The van der Waals surface area contributed by atoms with E-state index in [4.69, 9.17) is 5.11 Å². The molecule has 0 spiro atoms. The molecule has 0 saturated carbocycles. The van der Waals surface area contributed by atoms with E-state index in [0.717, 1.165) is 13.6 Å². The molecule has 1 N–H and O–H groups in total. The third-order valence-corrected chi connectivity index (χ3v) is 4.26. The van der Waals surface area contributed by atoms with Gasteiger partial charge in [-0.25, -0.2) is 4.68 Å². The van der Waals surface area contributed by atoms with Gasteiger partial charge in [-0.05, 0) is 57.6 Å². The third kappa shape index (κ3) is 3.54. The number of aliphatic carboxylic acids is 1. The molecule has 2 rings (SSSR count). The van der Waals surface area contributed by atoms with Crippen LogP contribution in [0.15, 0.2) is 22.7 Å². The van der Waals surface area contributed by atoms with Crippen molar-refractivity contribution in [3.8, 4) is 11.4 Å². The fraction of sp³-hybridized carbons (Fsp3) is 0.333. The summed E-state index contributed by atoms with van der Waals surface area (Å²) in [6.07, 6.45) is 0.481. The predicted octanol–water partition coefficient (Wildman–Crippen LogP) is 2.82. The average molecular weight is 451 g/mol. The molecule has 6 nitrogen and oxygen atoms in total. The van der Waals surface area contributed by atoms with Gasteiger partial charge in [-0.3, -0.25) is 4.79 Å². The van der Waals surface area contributed by atoms with E-state index in [1.54, 1.807) is 11.6 Å². The highest BCUT2D eigenvalue weighted by Gasteiger charge is 2.15. The summed E-state index contributed by atoms with van der Waals surface area (Å²) in [6.45, 7) is 2.14. The van der Waals surface area contributed by atoms with Gasteiger partial charge in [0.1, 0.15) is 0 Å². The number of aromatic nitrogens is 4. The average Bonchev–Trinajstić information content (AvgIpc) is 2.86. The zero-order valence-electron chi connectivity index (χ0n) is 10.6. The van der Waals surface area contributed by atoms with E-state index in [-0.39, 0.29) is 0 Å². The molecular weight excluding hydrogens is 439 g/mol. The molecule has 8 heteroatoms. The molecule has 1 aromatic carbocycles. The van der Waals surface area contributed by atoms with Gasteiger partial charge in [-0.2, -0.15) is 0 Å². The highest BCUT2D eigenvalue weighted by atomic mass is 127. The van der Waals surface area contributed by atoms with E-state index in [1.165, 1.54) is 0 Å². The number of hydrogen-bond acceptors (Lipinski definition) is 4. The van der Waals surface area contributed by atoms with Crippen molar-refractivity contribution in [3.63, 3.8) is 0 Å². The summed E-state index contributed by atoms with van der Waals surface area (Å²) in [5.41, 5.74) is 0.893. The largest absolute Gasteiger partial charge is 0.481 e. The Morgan fingerprint density at radius 3 is 3.00 bits per heavy atom. The Bertz CT molecular complexity index is 632. The highest BCUT2D eigenvalue weighted by Crippen LogP contribution is 2.28. The number of carbonyl (C=O) groups is 1. The number of benzene rings is 1. The molecule has 0 aliphatic rings. The topological polar surface area (TPSA) is 80.9 Å². The minimum absolute atomic E-state index is 0.425. The molecule has 2 aromatic rings. The Morgan fingerprint density at radius 1 is 1.55 bits per heavy atom. The number of halogens is 2. The fourth-order valence-electron chi connectivity index (χ4n) is 1.66. The maximum absolute atomic E-state index is 10.8. The van der Waals surface area contributed by atoms with Crippen LogP contribution in [-0.4, -0.2) is 31.3 Å². The van der Waals surface area contributed by atoms with E-state index in [9.17, 15) is 4.79 Å².